The van der Waals surface area contributed by atoms with Gasteiger partial charge in [-0.15, -0.1) is 11.6 Å². The summed E-state index contributed by atoms with van der Waals surface area (Å²) in [6.07, 6.45) is -0.710. The number of rotatable bonds is 4. The topological polar surface area (TPSA) is 46.5 Å². The molecule has 0 aromatic carbocycles. The summed E-state index contributed by atoms with van der Waals surface area (Å²) < 4.78 is 13.8. The van der Waals surface area contributed by atoms with Crippen molar-refractivity contribution in [2.45, 2.75) is 6.10 Å². The summed E-state index contributed by atoms with van der Waals surface area (Å²) in [5, 5.41) is 8.59. The van der Waals surface area contributed by atoms with Gasteiger partial charge >= 0.3 is 8.69 Å². The molecule has 0 aromatic rings. The molecule has 3 nitrogen and oxygen atoms in total. The normalized spacial score (nSPS) is 14.2. The lowest BCUT2D eigenvalue weighted by Gasteiger charge is -1.99. The van der Waals surface area contributed by atoms with E-state index in [0.29, 0.717) is 0 Å². The Labute approximate surface area is 53.9 Å². The van der Waals surface area contributed by atoms with Crippen LogP contribution in [0.1, 0.15) is 0 Å². The Morgan fingerprint density at radius 1 is 1.88 bits per heavy atom. The molecule has 0 radical (unpaired) electrons. The van der Waals surface area contributed by atoms with E-state index in [0.717, 1.165) is 0 Å². The number of aliphatic hydroxyl groups is 1. The lowest BCUT2D eigenvalue weighted by atomic mass is 10.4. The Morgan fingerprint density at radius 3 is 2.88 bits per heavy atom. The summed E-state index contributed by atoms with van der Waals surface area (Å²) in [5.74, 6) is 0.107. The molecule has 0 aliphatic carbocycles. The lowest BCUT2D eigenvalue weighted by Crippen LogP contribution is -2.13. The van der Waals surface area contributed by atoms with Crippen molar-refractivity contribution < 1.29 is 14.2 Å². The quantitative estimate of drug-likeness (QED) is 0.484. The van der Waals surface area contributed by atoms with Crippen LogP contribution in [-0.2, 0) is 9.09 Å². The molecule has 0 rings (SSSR count). The van der Waals surface area contributed by atoms with Crippen LogP contribution in [0.3, 0.4) is 0 Å². The molecule has 0 heterocycles. The van der Waals surface area contributed by atoms with Gasteiger partial charge in [0.25, 0.3) is 0 Å². The first-order valence-corrected chi connectivity index (χ1v) is 3.26. The molecule has 1 unspecified atom stereocenters. The molecule has 0 aliphatic rings. The van der Waals surface area contributed by atoms with Crippen molar-refractivity contribution in [2.24, 2.45) is 0 Å². The third-order valence-corrected chi connectivity index (χ3v) is 1.11. The molecule has 48 valence electrons. The summed E-state index contributed by atoms with van der Waals surface area (Å²) >= 11 is 5.15. The predicted molar refractivity (Wildman–Crippen MR) is 30.3 cm³/mol. The van der Waals surface area contributed by atoms with Crippen molar-refractivity contribution in [3.8, 4) is 0 Å². The van der Waals surface area contributed by atoms with Crippen LogP contribution in [0.2, 0.25) is 0 Å². The zero-order valence-corrected chi connectivity index (χ0v) is 5.73. The van der Waals surface area contributed by atoms with Crippen molar-refractivity contribution in [1.29, 1.82) is 0 Å². The van der Waals surface area contributed by atoms with Gasteiger partial charge in [0.2, 0.25) is 0 Å². The first-order valence-electron chi connectivity index (χ1n) is 2.00. The van der Waals surface area contributed by atoms with Crippen LogP contribution in [0, 0.1) is 0 Å². The van der Waals surface area contributed by atoms with Gasteiger partial charge in [-0.1, -0.05) is 0 Å². The molecule has 0 saturated heterocycles. The maximum Gasteiger partial charge on any atom is 0.327 e. The number of aliphatic hydroxyl groups excluding tert-OH is 1. The van der Waals surface area contributed by atoms with E-state index in [4.69, 9.17) is 16.7 Å². The van der Waals surface area contributed by atoms with Crippen LogP contribution in [0.15, 0.2) is 0 Å². The molecule has 1 N–H and O–H groups in total. The minimum absolute atomic E-state index is 0.0224. The van der Waals surface area contributed by atoms with E-state index >= 15 is 0 Å². The second-order valence-electron chi connectivity index (χ2n) is 1.18. The second kappa shape index (κ2) is 5.45. The maximum absolute atomic E-state index is 9.55. The molecule has 0 saturated carbocycles. The second-order valence-corrected chi connectivity index (χ2v) is 1.89. The van der Waals surface area contributed by atoms with E-state index in [2.05, 4.69) is 4.52 Å². The molecule has 0 aromatic heterocycles. The van der Waals surface area contributed by atoms with E-state index in [9.17, 15) is 4.57 Å². The number of halogens is 1. The van der Waals surface area contributed by atoms with E-state index in [1.807, 2.05) is 0 Å². The highest BCUT2D eigenvalue weighted by Crippen LogP contribution is 1.96. The van der Waals surface area contributed by atoms with Crippen LogP contribution >= 0.6 is 20.3 Å². The van der Waals surface area contributed by atoms with Gasteiger partial charge in [0.1, 0.15) is 0 Å². The van der Waals surface area contributed by atoms with E-state index in [1.165, 1.54) is 0 Å². The molecule has 0 amide bonds. The first kappa shape index (κ1) is 8.31. The smallest absolute Gasteiger partial charge is 0.327 e. The van der Waals surface area contributed by atoms with E-state index < -0.39 is 14.8 Å². The number of hydrogen-bond acceptors (Lipinski definition) is 3. The first-order chi connectivity index (χ1) is 3.81. The van der Waals surface area contributed by atoms with Crippen LogP contribution < -0.4 is 0 Å². The summed E-state index contributed by atoms with van der Waals surface area (Å²) in [6.45, 7) is 0.0224. The highest BCUT2D eigenvalue weighted by molar-refractivity contribution is 7.17. The Morgan fingerprint density at radius 2 is 2.50 bits per heavy atom. The fourth-order valence-electron chi connectivity index (χ4n) is 0.161. The van der Waals surface area contributed by atoms with Crippen molar-refractivity contribution >= 4 is 20.3 Å². The van der Waals surface area contributed by atoms with Gasteiger partial charge in [0, 0.05) is 0 Å². The zero-order chi connectivity index (χ0) is 6.41. The summed E-state index contributed by atoms with van der Waals surface area (Å²) in [4.78, 5) is 0. The van der Waals surface area contributed by atoms with Crippen LogP contribution in [-0.4, -0.2) is 23.7 Å². The third kappa shape index (κ3) is 4.47. The van der Waals surface area contributed by atoms with Gasteiger partial charge in [-0.2, -0.15) is 0 Å². The van der Waals surface area contributed by atoms with Crippen molar-refractivity contribution in [2.75, 3.05) is 12.5 Å². The van der Waals surface area contributed by atoms with E-state index in [-0.39, 0.29) is 12.5 Å². The average molecular weight is 157 g/mol. The van der Waals surface area contributed by atoms with Crippen molar-refractivity contribution in [3.63, 3.8) is 0 Å². The molecule has 5 heteroatoms. The van der Waals surface area contributed by atoms with E-state index in [1.54, 1.807) is 0 Å². The Kier molecular flexibility index (Phi) is 5.66. The van der Waals surface area contributed by atoms with Gasteiger partial charge in [-0.3, -0.25) is 4.52 Å². The summed E-state index contributed by atoms with van der Waals surface area (Å²) in [7, 11) is -0.419. The Balaban J connectivity index is 2.97. The Hall–Kier alpha value is 0.310. The van der Waals surface area contributed by atoms with Gasteiger partial charge in [0.05, 0.1) is 18.6 Å². The molecule has 8 heavy (non-hydrogen) atoms. The minimum atomic E-state index is -0.710. The number of hydrogen-bond donors (Lipinski definition) is 1. The average Bonchev–Trinajstić information content (AvgIpc) is 1.83. The monoisotopic (exact) mass is 156 g/mol. The standard InChI is InChI=1S/C3H6ClO3P/c4-1-3(5)2-7-8-6/h3,5H,1-2H2. The summed E-state index contributed by atoms with van der Waals surface area (Å²) in [5.41, 5.74) is 0. The molecular weight excluding hydrogens is 150 g/mol. The maximum atomic E-state index is 9.55. The molecule has 0 spiro atoms. The van der Waals surface area contributed by atoms with Gasteiger partial charge in [-0.25, -0.2) is 4.57 Å². The summed E-state index contributed by atoms with van der Waals surface area (Å²) in [6, 6.07) is 0. The van der Waals surface area contributed by atoms with Gasteiger partial charge in [0.15, 0.2) is 0 Å². The van der Waals surface area contributed by atoms with Crippen molar-refractivity contribution in [3.05, 3.63) is 0 Å². The molecule has 0 bridgehead atoms. The fourth-order valence-corrected chi connectivity index (χ4v) is 0.483. The third-order valence-electron chi connectivity index (χ3n) is 0.498. The Bertz CT molecular complexity index is 69.5. The molecular formula is C3H6ClO3P. The van der Waals surface area contributed by atoms with Gasteiger partial charge < -0.3 is 5.11 Å². The zero-order valence-electron chi connectivity index (χ0n) is 4.08. The predicted octanol–water partition coefficient (Wildman–Crippen LogP) is 0.809. The number of alkyl halides is 1. The van der Waals surface area contributed by atoms with Crippen LogP contribution in [0.25, 0.3) is 0 Å². The fraction of sp³-hybridized carbons (Fsp3) is 1.00. The minimum Gasteiger partial charge on any atom is -0.389 e. The van der Waals surface area contributed by atoms with Crippen LogP contribution in [0.4, 0.5) is 0 Å². The lowest BCUT2D eigenvalue weighted by molar-refractivity contribution is 0.133. The SMILES string of the molecule is O=POCC(O)CCl. The van der Waals surface area contributed by atoms with Crippen LogP contribution in [0.5, 0.6) is 0 Å². The highest BCUT2D eigenvalue weighted by Gasteiger charge is 1.99. The van der Waals surface area contributed by atoms with Crippen molar-refractivity contribution in [1.82, 2.24) is 0 Å². The molecule has 1 atom stereocenters. The highest BCUT2D eigenvalue weighted by atomic mass is 35.5. The molecule has 0 aliphatic heterocycles. The van der Waals surface area contributed by atoms with Gasteiger partial charge in [-0.05, 0) is 0 Å². The largest absolute Gasteiger partial charge is 0.389 e. The molecule has 0 fully saturated rings.